The SMILES string of the molecule is CC1=CCC(O)(C(=NNc2ccc([N+](=O)[O-])cc2)c2ccccc2)C=C1. The van der Waals surface area contributed by atoms with Crippen LogP contribution in [0.4, 0.5) is 11.4 Å². The highest BCUT2D eigenvalue weighted by atomic mass is 16.6. The highest BCUT2D eigenvalue weighted by Gasteiger charge is 2.32. The molecule has 1 atom stereocenters. The molecule has 2 N–H and O–H groups in total. The average molecular weight is 349 g/mol. The lowest BCUT2D eigenvalue weighted by atomic mass is 9.85. The van der Waals surface area contributed by atoms with Crippen molar-refractivity contribution in [3.8, 4) is 0 Å². The van der Waals surface area contributed by atoms with Crippen LogP contribution in [0.25, 0.3) is 0 Å². The minimum atomic E-state index is -1.23. The van der Waals surface area contributed by atoms with E-state index < -0.39 is 10.5 Å². The van der Waals surface area contributed by atoms with Crippen molar-refractivity contribution in [3.63, 3.8) is 0 Å². The number of hydrogen-bond acceptors (Lipinski definition) is 5. The first-order chi connectivity index (χ1) is 12.5. The molecule has 2 aromatic carbocycles. The fourth-order valence-electron chi connectivity index (χ4n) is 2.68. The number of benzene rings is 2. The van der Waals surface area contributed by atoms with E-state index in [0.29, 0.717) is 17.8 Å². The zero-order valence-corrected chi connectivity index (χ0v) is 14.3. The molecule has 0 amide bonds. The van der Waals surface area contributed by atoms with Gasteiger partial charge in [0.05, 0.1) is 10.6 Å². The first kappa shape index (κ1) is 17.6. The molecule has 132 valence electrons. The van der Waals surface area contributed by atoms with Crippen molar-refractivity contribution >= 4 is 17.1 Å². The van der Waals surface area contributed by atoms with E-state index in [2.05, 4.69) is 10.5 Å². The van der Waals surface area contributed by atoms with Gasteiger partial charge >= 0.3 is 0 Å². The first-order valence-corrected chi connectivity index (χ1v) is 8.20. The largest absolute Gasteiger partial charge is 0.379 e. The monoisotopic (exact) mass is 349 g/mol. The van der Waals surface area contributed by atoms with Gasteiger partial charge in [0.15, 0.2) is 0 Å². The molecule has 0 saturated carbocycles. The van der Waals surface area contributed by atoms with Crippen molar-refractivity contribution in [2.45, 2.75) is 18.9 Å². The molecular formula is C20H19N3O3. The van der Waals surface area contributed by atoms with Crippen molar-refractivity contribution in [3.05, 3.63) is 94.1 Å². The van der Waals surface area contributed by atoms with E-state index >= 15 is 0 Å². The van der Waals surface area contributed by atoms with E-state index in [1.54, 1.807) is 18.2 Å². The molecule has 1 aliphatic carbocycles. The Morgan fingerprint density at radius 2 is 1.88 bits per heavy atom. The van der Waals surface area contributed by atoms with E-state index in [1.165, 1.54) is 12.1 Å². The second-order valence-corrected chi connectivity index (χ2v) is 6.15. The van der Waals surface area contributed by atoms with E-state index in [9.17, 15) is 15.2 Å². The average Bonchev–Trinajstić information content (AvgIpc) is 2.66. The summed E-state index contributed by atoms with van der Waals surface area (Å²) in [6.45, 7) is 1.98. The minimum absolute atomic E-state index is 0.0114. The van der Waals surface area contributed by atoms with Crippen LogP contribution < -0.4 is 5.43 Å². The summed E-state index contributed by atoms with van der Waals surface area (Å²) in [7, 11) is 0. The summed E-state index contributed by atoms with van der Waals surface area (Å²) in [6, 6.07) is 15.4. The number of allylic oxidation sites excluding steroid dienone is 2. The number of nitrogens with one attached hydrogen (secondary N) is 1. The highest BCUT2D eigenvalue weighted by Crippen LogP contribution is 2.26. The summed E-state index contributed by atoms with van der Waals surface area (Å²) in [5.74, 6) is 0. The molecule has 0 aromatic heterocycles. The Kier molecular flexibility index (Phi) is 4.95. The number of aliphatic hydroxyl groups is 1. The second kappa shape index (κ2) is 7.33. The molecule has 0 heterocycles. The summed E-state index contributed by atoms with van der Waals surface area (Å²) in [6.07, 6.45) is 5.99. The van der Waals surface area contributed by atoms with Crippen molar-refractivity contribution in [2.24, 2.45) is 5.10 Å². The van der Waals surface area contributed by atoms with Gasteiger partial charge in [-0.3, -0.25) is 15.5 Å². The number of nitro benzene ring substituents is 1. The molecule has 0 bridgehead atoms. The minimum Gasteiger partial charge on any atom is -0.379 e. The summed E-state index contributed by atoms with van der Waals surface area (Å²) < 4.78 is 0. The van der Waals surface area contributed by atoms with Crippen LogP contribution in [-0.4, -0.2) is 21.3 Å². The number of anilines is 1. The van der Waals surface area contributed by atoms with Crippen molar-refractivity contribution < 1.29 is 10.0 Å². The van der Waals surface area contributed by atoms with Crippen LogP contribution >= 0.6 is 0 Å². The molecule has 0 radical (unpaired) electrons. The molecule has 1 unspecified atom stereocenters. The third-order valence-electron chi connectivity index (χ3n) is 4.19. The normalized spacial score (nSPS) is 19.8. The van der Waals surface area contributed by atoms with Crippen LogP contribution in [0.1, 0.15) is 18.9 Å². The van der Waals surface area contributed by atoms with Gasteiger partial charge in [-0.25, -0.2) is 0 Å². The second-order valence-electron chi connectivity index (χ2n) is 6.15. The van der Waals surface area contributed by atoms with Crippen molar-refractivity contribution in [2.75, 3.05) is 5.43 Å². The third-order valence-corrected chi connectivity index (χ3v) is 4.19. The fraction of sp³-hybridized carbons (Fsp3) is 0.150. The maximum Gasteiger partial charge on any atom is 0.269 e. The maximum atomic E-state index is 11.1. The molecule has 3 rings (SSSR count). The standard InChI is InChI=1S/C20H19N3O3/c1-15-11-13-20(24,14-12-15)19(16-5-3-2-4-6-16)22-21-17-7-9-18(10-8-17)23(25)26/h2-13,21,24H,14H2,1H3. The van der Waals surface area contributed by atoms with Crippen LogP contribution in [0.15, 0.2) is 83.5 Å². The summed E-state index contributed by atoms with van der Waals surface area (Å²) in [4.78, 5) is 10.3. The summed E-state index contributed by atoms with van der Waals surface area (Å²) in [5, 5.41) is 26.3. The molecule has 1 aliphatic rings. The van der Waals surface area contributed by atoms with Crippen LogP contribution in [0.3, 0.4) is 0 Å². The number of nitrogens with zero attached hydrogens (tertiary/aromatic N) is 2. The predicted molar refractivity (Wildman–Crippen MR) is 102 cm³/mol. The quantitative estimate of drug-likeness (QED) is 0.484. The third kappa shape index (κ3) is 3.87. The lowest BCUT2D eigenvalue weighted by molar-refractivity contribution is -0.384. The van der Waals surface area contributed by atoms with Gasteiger partial charge in [0.25, 0.3) is 5.69 Å². The molecule has 0 aliphatic heterocycles. The summed E-state index contributed by atoms with van der Waals surface area (Å²) in [5.41, 5.74) is 4.64. The Labute approximate surface area is 151 Å². The van der Waals surface area contributed by atoms with Gasteiger partial charge in [0.1, 0.15) is 11.3 Å². The molecule has 26 heavy (non-hydrogen) atoms. The van der Waals surface area contributed by atoms with Crippen LogP contribution in [0, 0.1) is 10.1 Å². The highest BCUT2D eigenvalue weighted by molar-refractivity contribution is 6.08. The Morgan fingerprint density at radius 1 is 1.19 bits per heavy atom. The van der Waals surface area contributed by atoms with Crippen LogP contribution in [-0.2, 0) is 0 Å². The van der Waals surface area contributed by atoms with Crippen LogP contribution in [0.5, 0.6) is 0 Å². The lowest BCUT2D eigenvalue weighted by Crippen LogP contribution is -2.38. The lowest BCUT2D eigenvalue weighted by Gasteiger charge is -2.28. The molecular weight excluding hydrogens is 330 g/mol. The topological polar surface area (TPSA) is 87.8 Å². The number of rotatable bonds is 5. The number of hydrazone groups is 1. The number of non-ortho nitro benzene ring substituents is 1. The maximum absolute atomic E-state index is 11.1. The Bertz CT molecular complexity index is 886. The smallest absolute Gasteiger partial charge is 0.269 e. The Morgan fingerprint density at radius 3 is 2.46 bits per heavy atom. The molecule has 0 fully saturated rings. The van der Waals surface area contributed by atoms with Crippen molar-refractivity contribution in [1.29, 1.82) is 0 Å². The van der Waals surface area contributed by atoms with Gasteiger partial charge in [-0.15, -0.1) is 0 Å². The molecule has 6 heteroatoms. The van der Waals surface area contributed by atoms with Gasteiger partial charge in [-0.05, 0) is 25.1 Å². The molecule has 0 saturated heterocycles. The summed E-state index contributed by atoms with van der Waals surface area (Å²) >= 11 is 0. The van der Waals surface area contributed by atoms with E-state index in [-0.39, 0.29) is 5.69 Å². The van der Waals surface area contributed by atoms with E-state index in [0.717, 1.165) is 11.1 Å². The zero-order valence-electron chi connectivity index (χ0n) is 14.3. The zero-order chi connectivity index (χ0) is 18.6. The van der Waals surface area contributed by atoms with Crippen LogP contribution in [0.2, 0.25) is 0 Å². The van der Waals surface area contributed by atoms with Crippen molar-refractivity contribution in [1.82, 2.24) is 0 Å². The predicted octanol–water partition coefficient (Wildman–Crippen LogP) is 4.05. The van der Waals surface area contributed by atoms with Gasteiger partial charge in [-0.2, -0.15) is 5.10 Å². The van der Waals surface area contributed by atoms with E-state index in [4.69, 9.17) is 0 Å². The Balaban J connectivity index is 1.92. The van der Waals surface area contributed by atoms with Gasteiger partial charge < -0.3 is 5.11 Å². The number of nitro groups is 1. The molecule has 2 aromatic rings. The fourth-order valence-corrected chi connectivity index (χ4v) is 2.68. The van der Waals surface area contributed by atoms with Gasteiger partial charge in [-0.1, -0.05) is 48.1 Å². The van der Waals surface area contributed by atoms with Gasteiger partial charge in [0, 0.05) is 24.1 Å². The van der Waals surface area contributed by atoms with Gasteiger partial charge in [0.2, 0.25) is 0 Å². The molecule has 0 spiro atoms. The van der Waals surface area contributed by atoms with E-state index in [1.807, 2.05) is 49.4 Å². The first-order valence-electron chi connectivity index (χ1n) is 8.20. The Hall–Kier alpha value is -3.25. The molecule has 6 nitrogen and oxygen atoms in total. The number of hydrogen-bond donors (Lipinski definition) is 2.